The molecule has 0 saturated heterocycles. The Hall–Kier alpha value is -1.65. The first-order chi connectivity index (χ1) is 10.9. The van der Waals surface area contributed by atoms with Crippen LogP contribution in [0.4, 0.5) is 0 Å². The molecule has 118 valence electrons. The maximum atomic E-state index is 10.5. The van der Waals surface area contributed by atoms with Gasteiger partial charge in [0.15, 0.2) is 0 Å². The molecule has 1 aromatic heterocycles. The van der Waals surface area contributed by atoms with Crippen LogP contribution in [-0.4, -0.2) is 24.5 Å². The van der Waals surface area contributed by atoms with Crippen LogP contribution < -0.4 is 0 Å². The fourth-order valence-electron chi connectivity index (χ4n) is 2.75. The minimum Gasteiger partial charge on any atom is -0.466 e. The highest BCUT2D eigenvalue weighted by Crippen LogP contribution is 2.30. The third-order valence-corrected chi connectivity index (χ3v) is 4.81. The van der Waals surface area contributed by atoms with Crippen molar-refractivity contribution in [3.05, 3.63) is 57.8 Å². The van der Waals surface area contributed by atoms with Crippen molar-refractivity contribution in [1.29, 1.82) is 0 Å². The molecule has 0 aliphatic carbocycles. The van der Waals surface area contributed by atoms with Crippen LogP contribution in [0.3, 0.4) is 0 Å². The number of rotatable bonds is 5. The van der Waals surface area contributed by atoms with Gasteiger partial charge in [0, 0.05) is 18.0 Å². The summed E-state index contributed by atoms with van der Waals surface area (Å²) in [6.45, 7) is 6.89. The van der Waals surface area contributed by atoms with E-state index in [0.29, 0.717) is 13.1 Å². The molecule has 2 aromatic rings. The van der Waals surface area contributed by atoms with E-state index < -0.39 is 0 Å². The van der Waals surface area contributed by atoms with Gasteiger partial charge in [0.05, 0.1) is 6.04 Å². The highest BCUT2D eigenvalue weighted by Gasteiger charge is 2.25. The Labute approximate surface area is 136 Å². The summed E-state index contributed by atoms with van der Waals surface area (Å²) in [5.74, 6) is 0. The summed E-state index contributed by atoms with van der Waals surface area (Å²) in [6, 6.07) is 12.6. The molecule has 3 nitrogen and oxygen atoms in total. The van der Waals surface area contributed by atoms with E-state index in [1.807, 2.05) is 43.4 Å². The van der Waals surface area contributed by atoms with Gasteiger partial charge in [-0.15, -0.1) is 11.3 Å². The maximum Gasteiger partial charge on any atom is 0.293 e. The van der Waals surface area contributed by atoms with Crippen molar-refractivity contribution in [1.82, 2.24) is 4.90 Å². The van der Waals surface area contributed by atoms with E-state index in [4.69, 9.17) is 4.74 Å². The lowest BCUT2D eigenvalue weighted by atomic mass is 10.0. The van der Waals surface area contributed by atoms with E-state index >= 15 is 0 Å². The van der Waals surface area contributed by atoms with E-state index in [-0.39, 0.29) is 6.04 Å². The fraction of sp³-hybridized carbons (Fsp3) is 0.389. The lowest BCUT2D eigenvalue weighted by Gasteiger charge is -2.34. The normalized spacial score (nSPS) is 15.2. The summed E-state index contributed by atoms with van der Waals surface area (Å²) < 4.78 is 5.05. The molecule has 3 rings (SSSR count). The van der Waals surface area contributed by atoms with Gasteiger partial charge in [0.25, 0.3) is 6.47 Å². The first kappa shape index (κ1) is 16.7. The second kappa shape index (κ2) is 8.71. The van der Waals surface area contributed by atoms with Crippen molar-refractivity contribution in [2.45, 2.75) is 32.9 Å². The van der Waals surface area contributed by atoms with Crippen molar-refractivity contribution >= 4 is 17.8 Å². The summed E-state index contributed by atoms with van der Waals surface area (Å²) in [6.07, 6.45) is 1.08. The highest BCUT2D eigenvalue weighted by atomic mass is 32.1. The topological polar surface area (TPSA) is 29.5 Å². The molecular weight excluding hydrogens is 294 g/mol. The van der Waals surface area contributed by atoms with Gasteiger partial charge in [-0.3, -0.25) is 9.69 Å². The van der Waals surface area contributed by atoms with E-state index in [9.17, 15) is 4.79 Å². The molecule has 1 atom stereocenters. The van der Waals surface area contributed by atoms with Crippen LogP contribution in [0.5, 0.6) is 0 Å². The molecule has 1 unspecified atom stereocenters. The summed E-state index contributed by atoms with van der Waals surface area (Å²) >= 11 is 1.84. The van der Waals surface area contributed by atoms with Gasteiger partial charge in [-0.2, -0.15) is 0 Å². The monoisotopic (exact) mass is 317 g/mol. The van der Waals surface area contributed by atoms with Gasteiger partial charge in [0.2, 0.25) is 0 Å². The Morgan fingerprint density at radius 2 is 2.05 bits per heavy atom. The molecule has 1 aliphatic heterocycles. The Bertz CT molecular complexity index is 567. The Morgan fingerprint density at radius 1 is 1.27 bits per heavy atom. The van der Waals surface area contributed by atoms with Crippen LogP contribution in [0.15, 0.2) is 41.8 Å². The molecule has 22 heavy (non-hydrogen) atoms. The second-order valence-corrected chi connectivity index (χ2v) is 5.95. The molecule has 1 aliphatic rings. The number of hydrogen-bond donors (Lipinski definition) is 0. The van der Waals surface area contributed by atoms with Gasteiger partial charge in [0.1, 0.15) is 6.61 Å². The van der Waals surface area contributed by atoms with E-state index in [1.165, 1.54) is 16.0 Å². The standard InChI is InChI=1S/C16H17NO2S.C2H6/c18-12-19-11-15(13-4-2-1-3-5-13)17-8-6-16-14(10-17)7-9-20-16;1-2/h1-5,7,9,12,15H,6,8,10-11H2;1-2H3. The number of carbonyl (C=O) groups is 1. The molecule has 0 radical (unpaired) electrons. The number of hydrogen-bond acceptors (Lipinski definition) is 4. The van der Waals surface area contributed by atoms with Crippen LogP contribution in [-0.2, 0) is 22.5 Å². The molecule has 1 aromatic carbocycles. The fourth-order valence-corrected chi connectivity index (χ4v) is 3.64. The van der Waals surface area contributed by atoms with Crippen LogP contribution in [0.25, 0.3) is 0 Å². The predicted molar refractivity (Wildman–Crippen MR) is 91.0 cm³/mol. The Morgan fingerprint density at radius 3 is 2.77 bits per heavy atom. The third kappa shape index (κ3) is 3.96. The number of fused-ring (bicyclic) bond motifs is 1. The van der Waals surface area contributed by atoms with E-state index in [1.54, 1.807) is 0 Å². The largest absolute Gasteiger partial charge is 0.466 e. The zero-order valence-electron chi connectivity index (χ0n) is 13.2. The molecule has 0 bridgehead atoms. The van der Waals surface area contributed by atoms with Crippen molar-refractivity contribution in [2.75, 3.05) is 13.2 Å². The Balaban J connectivity index is 0.000000847. The molecule has 0 N–H and O–H groups in total. The number of thiophene rings is 1. The smallest absolute Gasteiger partial charge is 0.293 e. The average Bonchev–Trinajstić information content (AvgIpc) is 3.06. The first-order valence-corrected chi connectivity index (χ1v) is 8.66. The first-order valence-electron chi connectivity index (χ1n) is 7.78. The van der Waals surface area contributed by atoms with Crippen molar-refractivity contribution < 1.29 is 9.53 Å². The SMILES string of the molecule is CC.O=COCC(c1ccccc1)N1CCc2sccc2C1. The lowest BCUT2D eigenvalue weighted by molar-refractivity contribution is -0.130. The summed E-state index contributed by atoms with van der Waals surface area (Å²) in [5, 5.41) is 2.16. The summed E-state index contributed by atoms with van der Waals surface area (Å²) in [4.78, 5) is 14.4. The second-order valence-electron chi connectivity index (χ2n) is 4.95. The van der Waals surface area contributed by atoms with Gasteiger partial charge >= 0.3 is 0 Å². The number of ether oxygens (including phenoxy) is 1. The maximum absolute atomic E-state index is 10.5. The quantitative estimate of drug-likeness (QED) is 0.779. The third-order valence-electron chi connectivity index (χ3n) is 3.78. The van der Waals surface area contributed by atoms with Crippen LogP contribution in [0, 0.1) is 0 Å². The minimum absolute atomic E-state index is 0.134. The zero-order valence-corrected chi connectivity index (χ0v) is 14.0. The molecule has 4 heteroatoms. The van der Waals surface area contributed by atoms with Gasteiger partial charge in [-0.1, -0.05) is 44.2 Å². The van der Waals surface area contributed by atoms with Crippen LogP contribution in [0.1, 0.15) is 35.9 Å². The molecule has 2 heterocycles. The van der Waals surface area contributed by atoms with E-state index in [2.05, 4.69) is 28.5 Å². The molecule has 0 fully saturated rings. The van der Waals surface area contributed by atoms with Gasteiger partial charge < -0.3 is 4.74 Å². The van der Waals surface area contributed by atoms with Crippen LogP contribution in [0.2, 0.25) is 0 Å². The summed E-state index contributed by atoms with van der Waals surface area (Å²) in [7, 11) is 0. The number of nitrogens with zero attached hydrogens (tertiary/aromatic N) is 1. The Kier molecular flexibility index (Phi) is 6.62. The number of carbonyl (C=O) groups excluding carboxylic acids is 1. The van der Waals surface area contributed by atoms with Crippen LogP contribution >= 0.6 is 11.3 Å². The van der Waals surface area contributed by atoms with E-state index in [0.717, 1.165) is 19.5 Å². The minimum atomic E-state index is 0.134. The molecular formula is C18H23NO2S. The van der Waals surface area contributed by atoms with Crippen molar-refractivity contribution in [3.8, 4) is 0 Å². The average molecular weight is 317 g/mol. The van der Waals surface area contributed by atoms with Gasteiger partial charge in [-0.05, 0) is 29.0 Å². The van der Waals surface area contributed by atoms with Crippen molar-refractivity contribution in [3.63, 3.8) is 0 Å². The lowest BCUT2D eigenvalue weighted by Crippen LogP contribution is -2.35. The van der Waals surface area contributed by atoms with Gasteiger partial charge in [-0.25, -0.2) is 0 Å². The summed E-state index contributed by atoms with van der Waals surface area (Å²) in [5.41, 5.74) is 2.61. The van der Waals surface area contributed by atoms with Crippen molar-refractivity contribution in [2.24, 2.45) is 0 Å². The highest BCUT2D eigenvalue weighted by molar-refractivity contribution is 7.10. The molecule has 0 amide bonds. The molecule has 0 spiro atoms. The molecule has 0 saturated carbocycles. The predicted octanol–water partition coefficient (Wildman–Crippen LogP) is 4.05. The number of benzene rings is 1. The zero-order chi connectivity index (χ0) is 15.8.